The number of hydrogen-bond acceptors (Lipinski definition) is 6. The van der Waals surface area contributed by atoms with Crippen LogP contribution in [0.1, 0.15) is 14.9 Å². The number of cyclic esters (lactones) is 2. The van der Waals surface area contributed by atoms with Crippen molar-refractivity contribution in [2.45, 2.75) is 14.9 Å². The molecule has 0 aromatic rings. The largest absolute Gasteiger partial charge is 0.451 e. The number of carbonyl (C=O) groups is 2. The maximum Gasteiger partial charge on any atom is 0.344 e. The van der Waals surface area contributed by atoms with Crippen molar-refractivity contribution in [2.24, 2.45) is 0 Å². The first kappa shape index (κ1) is 18.6. The minimum atomic E-state index is -0.482. The highest BCUT2D eigenvalue weighted by Crippen LogP contribution is 1.90. The lowest BCUT2D eigenvalue weighted by Gasteiger charge is -2.09. The Hall–Kier alpha value is -1.14. The lowest BCUT2D eigenvalue weighted by Crippen LogP contribution is -2.27. The number of aliphatic hydroxyl groups excluding tert-OH is 2. The van der Waals surface area contributed by atoms with Gasteiger partial charge in [-0.15, -0.1) is 0 Å². The molecule has 0 aromatic carbocycles. The third-order valence-electron chi connectivity index (χ3n) is 0.802. The second-order valence-electron chi connectivity index (χ2n) is 1.77. The van der Waals surface area contributed by atoms with Gasteiger partial charge in [-0.2, -0.15) is 0 Å². The van der Waals surface area contributed by atoms with Crippen LogP contribution in [-0.4, -0.2) is 48.6 Å². The monoisotopic (exact) mass is 210 g/mol. The van der Waals surface area contributed by atoms with Gasteiger partial charge < -0.3 is 19.7 Å². The third-order valence-corrected chi connectivity index (χ3v) is 0.802. The van der Waals surface area contributed by atoms with Crippen LogP contribution in [0.3, 0.4) is 0 Å². The molecule has 0 bridgehead atoms. The van der Waals surface area contributed by atoms with Gasteiger partial charge in [-0.1, -0.05) is 14.9 Å². The third kappa shape index (κ3) is 10.9. The number of aliphatic hydroxyl groups is 2. The zero-order valence-corrected chi connectivity index (χ0v) is 6.36. The van der Waals surface area contributed by atoms with Gasteiger partial charge >= 0.3 is 11.9 Å². The molecule has 6 heteroatoms. The summed E-state index contributed by atoms with van der Waals surface area (Å²) in [4.78, 5) is 20.2. The van der Waals surface area contributed by atoms with Crippen molar-refractivity contribution < 1.29 is 29.3 Å². The van der Waals surface area contributed by atoms with Crippen LogP contribution in [-0.2, 0) is 19.1 Å². The minimum Gasteiger partial charge on any atom is -0.451 e. The van der Waals surface area contributed by atoms with E-state index in [-0.39, 0.29) is 41.3 Å². The smallest absolute Gasteiger partial charge is 0.344 e. The standard InChI is InChI=1S/C4H4O4.C2H6O2.2CH4/c5-3-1-7-4(6)2-8-3;3-1-2-4;;/h1-2H2;3-4H,1-2H2;2*1H4. The van der Waals surface area contributed by atoms with Crippen LogP contribution in [0, 0.1) is 0 Å². The van der Waals surface area contributed by atoms with Gasteiger partial charge in [0.05, 0.1) is 13.2 Å². The van der Waals surface area contributed by atoms with Gasteiger partial charge in [-0.25, -0.2) is 9.59 Å². The zero-order valence-electron chi connectivity index (χ0n) is 6.36. The number of hydrogen-bond donors (Lipinski definition) is 2. The first-order valence-corrected chi connectivity index (χ1v) is 3.23. The van der Waals surface area contributed by atoms with Gasteiger partial charge in [0.2, 0.25) is 0 Å². The fourth-order valence-corrected chi connectivity index (χ4v) is 0.362. The lowest BCUT2D eigenvalue weighted by molar-refractivity contribution is -0.174. The summed E-state index contributed by atoms with van der Waals surface area (Å²) in [5.74, 6) is -0.964. The summed E-state index contributed by atoms with van der Waals surface area (Å²) in [5, 5.41) is 15.2. The second kappa shape index (κ2) is 11.9. The summed E-state index contributed by atoms with van der Waals surface area (Å²) in [6, 6.07) is 0. The van der Waals surface area contributed by atoms with Gasteiger partial charge in [0.1, 0.15) is 0 Å². The molecule has 14 heavy (non-hydrogen) atoms. The van der Waals surface area contributed by atoms with E-state index in [1.54, 1.807) is 0 Å². The van der Waals surface area contributed by atoms with Crippen molar-refractivity contribution in [3.8, 4) is 0 Å². The molecule has 0 aliphatic carbocycles. The molecule has 1 rings (SSSR count). The van der Waals surface area contributed by atoms with Crippen LogP contribution in [0.25, 0.3) is 0 Å². The molecule has 1 heterocycles. The Morgan fingerprint density at radius 2 is 1.21 bits per heavy atom. The number of carbonyl (C=O) groups excluding carboxylic acids is 2. The van der Waals surface area contributed by atoms with E-state index in [0.29, 0.717) is 0 Å². The van der Waals surface area contributed by atoms with E-state index in [1.807, 2.05) is 0 Å². The van der Waals surface area contributed by atoms with Crippen molar-refractivity contribution in [1.29, 1.82) is 0 Å². The minimum absolute atomic E-state index is 0. The Balaban J connectivity index is -0.000000180. The van der Waals surface area contributed by atoms with Crippen molar-refractivity contribution in [3.63, 3.8) is 0 Å². The Morgan fingerprint density at radius 1 is 0.929 bits per heavy atom. The average Bonchev–Trinajstić information content (AvgIpc) is 2.11. The zero-order chi connectivity index (χ0) is 9.40. The first-order chi connectivity index (χ1) is 5.70. The van der Waals surface area contributed by atoms with Crippen LogP contribution in [0.5, 0.6) is 0 Å². The molecule has 1 fully saturated rings. The normalized spacial score (nSPS) is 13.3. The molecule has 0 saturated carbocycles. The summed E-state index contributed by atoms with van der Waals surface area (Å²) >= 11 is 0. The van der Waals surface area contributed by atoms with E-state index in [9.17, 15) is 9.59 Å². The molecule has 0 spiro atoms. The van der Waals surface area contributed by atoms with Gasteiger partial charge in [0.25, 0.3) is 0 Å². The summed E-state index contributed by atoms with van der Waals surface area (Å²) in [7, 11) is 0. The van der Waals surface area contributed by atoms with E-state index < -0.39 is 11.9 Å². The van der Waals surface area contributed by atoms with Crippen molar-refractivity contribution in [1.82, 2.24) is 0 Å². The van der Waals surface area contributed by atoms with Crippen LogP contribution in [0.4, 0.5) is 0 Å². The fraction of sp³-hybridized carbons (Fsp3) is 0.750. The maximum absolute atomic E-state index is 10.1. The Labute approximate surface area is 83.4 Å². The molecule has 0 atom stereocenters. The van der Waals surface area contributed by atoms with E-state index in [4.69, 9.17) is 10.2 Å². The number of rotatable bonds is 1. The highest BCUT2D eigenvalue weighted by Gasteiger charge is 2.16. The predicted octanol–water partition coefficient (Wildman–Crippen LogP) is -0.670. The molecule has 0 unspecified atom stereocenters. The number of esters is 2. The van der Waals surface area contributed by atoms with Crippen LogP contribution in [0.15, 0.2) is 0 Å². The maximum atomic E-state index is 10.1. The van der Waals surface area contributed by atoms with Gasteiger partial charge in [-0.3, -0.25) is 0 Å². The van der Waals surface area contributed by atoms with E-state index in [1.165, 1.54) is 0 Å². The molecule has 0 amide bonds. The van der Waals surface area contributed by atoms with Crippen LogP contribution >= 0.6 is 0 Å². The quantitative estimate of drug-likeness (QED) is 0.557. The van der Waals surface area contributed by atoms with Crippen LogP contribution in [0.2, 0.25) is 0 Å². The molecule has 1 aliphatic rings. The van der Waals surface area contributed by atoms with Gasteiger partial charge in [-0.05, 0) is 0 Å². The summed E-state index contributed by atoms with van der Waals surface area (Å²) in [6.45, 7) is -0.725. The molecular formula is C8H18O6. The lowest BCUT2D eigenvalue weighted by atomic mass is 10.6. The van der Waals surface area contributed by atoms with E-state index >= 15 is 0 Å². The Kier molecular flexibility index (Phi) is 15.8. The summed E-state index contributed by atoms with van der Waals surface area (Å²) in [5.41, 5.74) is 0. The Bertz CT molecular complexity index is 126. The molecule has 6 nitrogen and oxygen atoms in total. The van der Waals surface area contributed by atoms with Crippen LogP contribution < -0.4 is 0 Å². The molecule has 0 aromatic heterocycles. The summed E-state index contributed by atoms with van der Waals surface area (Å²) < 4.78 is 8.55. The van der Waals surface area contributed by atoms with Crippen molar-refractivity contribution >= 4 is 11.9 Å². The predicted molar refractivity (Wildman–Crippen MR) is 49.6 cm³/mol. The Morgan fingerprint density at radius 3 is 1.36 bits per heavy atom. The van der Waals surface area contributed by atoms with E-state index in [0.717, 1.165) is 0 Å². The van der Waals surface area contributed by atoms with Crippen molar-refractivity contribution in [2.75, 3.05) is 26.4 Å². The molecule has 1 saturated heterocycles. The van der Waals surface area contributed by atoms with Gasteiger partial charge in [0, 0.05) is 0 Å². The molecule has 0 radical (unpaired) electrons. The molecule has 1 aliphatic heterocycles. The topological polar surface area (TPSA) is 93.1 Å². The molecular weight excluding hydrogens is 192 g/mol. The SMILES string of the molecule is C.C.O=C1COC(=O)CO1.OCCO. The average molecular weight is 210 g/mol. The highest BCUT2D eigenvalue weighted by atomic mass is 16.6. The first-order valence-electron chi connectivity index (χ1n) is 3.23. The second-order valence-corrected chi connectivity index (χ2v) is 1.77. The molecule has 2 N–H and O–H groups in total. The molecule has 86 valence electrons. The van der Waals surface area contributed by atoms with E-state index in [2.05, 4.69) is 9.47 Å². The number of ether oxygens (including phenoxy) is 2. The van der Waals surface area contributed by atoms with Crippen molar-refractivity contribution in [3.05, 3.63) is 0 Å². The van der Waals surface area contributed by atoms with Gasteiger partial charge in [0.15, 0.2) is 13.2 Å². The fourth-order valence-electron chi connectivity index (χ4n) is 0.362. The summed E-state index contributed by atoms with van der Waals surface area (Å²) in [6.07, 6.45) is 0. The highest BCUT2D eigenvalue weighted by molar-refractivity contribution is 5.82.